The first-order valence-electron chi connectivity index (χ1n) is 4.71. The van der Waals surface area contributed by atoms with Crippen LogP contribution in [0.25, 0.3) is 10.9 Å². The molecule has 0 aliphatic heterocycles. The van der Waals surface area contributed by atoms with Crippen molar-refractivity contribution in [3.05, 3.63) is 35.5 Å². The van der Waals surface area contributed by atoms with Gasteiger partial charge in [-0.2, -0.15) is 0 Å². The topological polar surface area (TPSA) is 41.8 Å². The molecule has 1 aliphatic rings. The van der Waals surface area contributed by atoms with Gasteiger partial charge < -0.3 is 10.7 Å². The molecule has 0 spiro atoms. The van der Waals surface area contributed by atoms with Crippen molar-refractivity contribution >= 4 is 10.9 Å². The molecule has 13 heavy (non-hydrogen) atoms. The highest BCUT2D eigenvalue weighted by Crippen LogP contribution is 2.34. The Morgan fingerprint density at radius 1 is 1.31 bits per heavy atom. The van der Waals surface area contributed by atoms with Crippen LogP contribution in [-0.2, 0) is 6.42 Å². The van der Waals surface area contributed by atoms with E-state index in [9.17, 15) is 0 Å². The summed E-state index contributed by atoms with van der Waals surface area (Å²) in [4.78, 5) is 3.22. The fourth-order valence-corrected chi connectivity index (χ4v) is 2.29. The number of nitrogens with one attached hydrogen (secondary N) is 1. The van der Waals surface area contributed by atoms with Crippen LogP contribution in [-0.4, -0.2) is 4.98 Å². The van der Waals surface area contributed by atoms with Crippen molar-refractivity contribution in [2.45, 2.75) is 18.9 Å². The van der Waals surface area contributed by atoms with Crippen LogP contribution in [0.5, 0.6) is 0 Å². The highest BCUT2D eigenvalue weighted by molar-refractivity contribution is 5.84. The maximum Gasteiger partial charge on any atom is 0.0456 e. The highest BCUT2D eigenvalue weighted by atomic mass is 14.7. The first-order chi connectivity index (χ1) is 6.36. The molecule has 0 amide bonds. The molecule has 0 bridgehead atoms. The Bertz CT molecular complexity index is 456. The predicted molar refractivity (Wildman–Crippen MR) is 53.5 cm³/mol. The Kier molecular flexibility index (Phi) is 1.30. The summed E-state index contributed by atoms with van der Waals surface area (Å²) in [5.41, 5.74) is 10.0. The SMILES string of the molecule is N[C@@H]1CCc2c1ccc1[nH]ccc21. The predicted octanol–water partition coefficient (Wildman–Crippen LogP) is 2.11. The lowest BCUT2D eigenvalue weighted by molar-refractivity contribution is 0.713. The normalized spacial score (nSPS) is 20.8. The molecule has 1 aliphatic carbocycles. The summed E-state index contributed by atoms with van der Waals surface area (Å²) in [5.74, 6) is 0. The molecule has 1 aromatic heterocycles. The Hall–Kier alpha value is -1.28. The maximum absolute atomic E-state index is 6.00. The van der Waals surface area contributed by atoms with Gasteiger partial charge in [-0.1, -0.05) is 6.07 Å². The van der Waals surface area contributed by atoms with E-state index in [1.54, 1.807) is 0 Å². The molecule has 0 saturated heterocycles. The lowest BCUT2D eigenvalue weighted by atomic mass is 10.0. The fraction of sp³-hybridized carbons (Fsp3) is 0.273. The number of aryl methyl sites for hydroxylation is 1. The second kappa shape index (κ2) is 2.36. The van der Waals surface area contributed by atoms with Crippen LogP contribution in [0.3, 0.4) is 0 Å². The summed E-state index contributed by atoms with van der Waals surface area (Å²) < 4.78 is 0. The first-order valence-corrected chi connectivity index (χ1v) is 4.71. The number of benzene rings is 1. The second-order valence-corrected chi connectivity index (χ2v) is 3.72. The van der Waals surface area contributed by atoms with Crippen LogP contribution in [0.2, 0.25) is 0 Å². The minimum Gasteiger partial charge on any atom is -0.361 e. The Labute approximate surface area is 76.8 Å². The van der Waals surface area contributed by atoms with Gasteiger partial charge in [0.05, 0.1) is 0 Å². The van der Waals surface area contributed by atoms with E-state index in [0.29, 0.717) is 0 Å². The molecule has 1 heterocycles. The van der Waals surface area contributed by atoms with Gasteiger partial charge in [0.15, 0.2) is 0 Å². The summed E-state index contributed by atoms with van der Waals surface area (Å²) in [6.45, 7) is 0. The van der Waals surface area contributed by atoms with E-state index in [1.807, 2.05) is 6.20 Å². The van der Waals surface area contributed by atoms with Gasteiger partial charge in [0.2, 0.25) is 0 Å². The highest BCUT2D eigenvalue weighted by Gasteiger charge is 2.20. The van der Waals surface area contributed by atoms with E-state index < -0.39 is 0 Å². The lowest BCUT2D eigenvalue weighted by Gasteiger charge is -2.04. The van der Waals surface area contributed by atoms with Crippen molar-refractivity contribution in [2.75, 3.05) is 0 Å². The van der Waals surface area contributed by atoms with E-state index >= 15 is 0 Å². The molecule has 1 aromatic carbocycles. The van der Waals surface area contributed by atoms with Crippen LogP contribution in [0.4, 0.5) is 0 Å². The average Bonchev–Trinajstić information content (AvgIpc) is 2.70. The number of aromatic nitrogens is 1. The van der Waals surface area contributed by atoms with Crippen LogP contribution in [0.15, 0.2) is 24.4 Å². The first kappa shape index (κ1) is 7.15. The monoisotopic (exact) mass is 172 g/mol. The Balaban J connectivity index is 2.39. The molecule has 2 nitrogen and oxygen atoms in total. The number of fused-ring (bicyclic) bond motifs is 3. The molecular weight excluding hydrogens is 160 g/mol. The molecule has 3 rings (SSSR count). The molecule has 3 N–H and O–H groups in total. The summed E-state index contributed by atoms with van der Waals surface area (Å²) in [6, 6.07) is 6.69. The number of hydrogen-bond acceptors (Lipinski definition) is 1. The lowest BCUT2D eigenvalue weighted by Crippen LogP contribution is -2.04. The van der Waals surface area contributed by atoms with Gasteiger partial charge in [0.1, 0.15) is 0 Å². The maximum atomic E-state index is 6.00. The summed E-state index contributed by atoms with van der Waals surface area (Å²) in [5, 5.41) is 1.35. The smallest absolute Gasteiger partial charge is 0.0456 e. The molecule has 2 heteroatoms. The summed E-state index contributed by atoms with van der Waals surface area (Å²) >= 11 is 0. The minimum atomic E-state index is 0.259. The molecule has 66 valence electrons. The summed E-state index contributed by atoms with van der Waals surface area (Å²) in [7, 11) is 0. The third kappa shape index (κ3) is 0.864. The molecule has 0 unspecified atom stereocenters. The third-order valence-electron chi connectivity index (χ3n) is 2.99. The van der Waals surface area contributed by atoms with Gasteiger partial charge >= 0.3 is 0 Å². The molecule has 0 fully saturated rings. The van der Waals surface area contributed by atoms with Gasteiger partial charge in [0.25, 0.3) is 0 Å². The average molecular weight is 172 g/mol. The van der Waals surface area contributed by atoms with Crippen LogP contribution in [0.1, 0.15) is 23.6 Å². The molecule has 0 radical (unpaired) electrons. The molecule has 0 saturated carbocycles. The molecular formula is C11H12N2. The number of rotatable bonds is 0. The van der Waals surface area contributed by atoms with Crippen molar-refractivity contribution in [3.63, 3.8) is 0 Å². The van der Waals surface area contributed by atoms with Crippen molar-refractivity contribution in [3.8, 4) is 0 Å². The zero-order valence-corrected chi connectivity index (χ0v) is 7.38. The molecule has 1 atom stereocenters. The summed E-state index contributed by atoms with van der Waals surface area (Å²) in [6.07, 6.45) is 4.22. The van der Waals surface area contributed by atoms with Crippen molar-refractivity contribution in [2.24, 2.45) is 5.73 Å². The number of nitrogens with two attached hydrogens (primary N) is 1. The fourth-order valence-electron chi connectivity index (χ4n) is 2.29. The largest absolute Gasteiger partial charge is 0.361 e. The quantitative estimate of drug-likeness (QED) is 0.628. The van der Waals surface area contributed by atoms with Crippen molar-refractivity contribution < 1.29 is 0 Å². The van der Waals surface area contributed by atoms with Gasteiger partial charge in [-0.15, -0.1) is 0 Å². The number of hydrogen-bond donors (Lipinski definition) is 2. The Morgan fingerprint density at radius 2 is 2.23 bits per heavy atom. The van der Waals surface area contributed by atoms with Crippen molar-refractivity contribution in [1.82, 2.24) is 4.98 Å². The number of aromatic amines is 1. The third-order valence-corrected chi connectivity index (χ3v) is 2.99. The van der Waals surface area contributed by atoms with E-state index in [4.69, 9.17) is 5.73 Å². The van der Waals surface area contributed by atoms with E-state index in [0.717, 1.165) is 12.8 Å². The van der Waals surface area contributed by atoms with Gasteiger partial charge in [-0.05, 0) is 36.1 Å². The standard InChI is InChI=1S/C11H12N2/c12-10-3-1-7-8(10)2-4-11-9(7)5-6-13-11/h2,4-6,10,13H,1,3,12H2/t10-/m1/s1. The molecule has 2 aromatic rings. The van der Waals surface area contributed by atoms with E-state index in [2.05, 4.69) is 23.2 Å². The zero-order chi connectivity index (χ0) is 8.84. The zero-order valence-electron chi connectivity index (χ0n) is 7.38. The van der Waals surface area contributed by atoms with Crippen molar-refractivity contribution in [1.29, 1.82) is 0 Å². The second-order valence-electron chi connectivity index (χ2n) is 3.72. The van der Waals surface area contributed by atoms with Gasteiger partial charge in [0, 0.05) is 23.1 Å². The van der Waals surface area contributed by atoms with Gasteiger partial charge in [-0.25, -0.2) is 0 Å². The van der Waals surface area contributed by atoms with Crippen LogP contribution >= 0.6 is 0 Å². The number of H-pyrrole nitrogens is 1. The van der Waals surface area contributed by atoms with E-state index in [-0.39, 0.29) is 6.04 Å². The van der Waals surface area contributed by atoms with Gasteiger partial charge in [-0.3, -0.25) is 0 Å². The van der Waals surface area contributed by atoms with Crippen LogP contribution in [0, 0.1) is 0 Å². The Morgan fingerprint density at radius 3 is 3.15 bits per heavy atom. The van der Waals surface area contributed by atoms with Crippen LogP contribution < -0.4 is 5.73 Å². The van der Waals surface area contributed by atoms with E-state index in [1.165, 1.54) is 22.0 Å². The minimum absolute atomic E-state index is 0.259.